The maximum atomic E-state index is 13.8. The van der Waals surface area contributed by atoms with Crippen LogP contribution in [0, 0.1) is 62.1 Å². The van der Waals surface area contributed by atoms with Crippen molar-refractivity contribution in [3.05, 3.63) is 12.2 Å². The fourth-order valence-corrected chi connectivity index (χ4v) is 14.5. The zero-order chi connectivity index (χ0) is 36.7. The molecule has 6 aliphatic rings. The van der Waals surface area contributed by atoms with Crippen LogP contribution >= 0.6 is 0 Å². The topological polar surface area (TPSA) is 95.9 Å². The number of ether oxygens (including phenoxy) is 1. The second kappa shape index (κ2) is 12.9. The molecule has 0 aromatic rings. The van der Waals surface area contributed by atoms with Crippen molar-refractivity contribution in [3.8, 4) is 0 Å². The van der Waals surface area contributed by atoms with E-state index in [9.17, 15) is 19.5 Å². The molecule has 0 spiro atoms. The molecule has 11 atom stereocenters. The van der Waals surface area contributed by atoms with Crippen molar-refractivity contribution >= 4 is 17.8 Å². The zero-order valence-electron chi connectivity index (χ0n) is 33.1. The van der Waals surface area contributed by atoms with Crippen molar-refractivity contribution in [2.75, 3.05) is 20.1 Å². The van der Waals surface area contributed by atoms with E-state index in [0.717, 1.165) is 51.6 Å². The van der Waals surface area contributed by atoms with E-state index in [-0.39, 0.29) is 63.9 Å². The van der Waals surface area contributed by atoms with Crippen LogP contribution in [0.2, 0.25) is 0 Å². The van der Waals surface area contributed by atoms with Gasteiger partial charge in [0.1, 0.15) is 6.10 Å². The zero-order valence-corrected chi connectivity index (χ0v) is 33.1. The number of hydrogen-bond acceptors (Lipinski definition) is 5. The van der Waals surface area contributed by atoms with Crippen LogP contribution in [0.3, 0.4) is 0 Å². The Bertz CT molecular complexity index is 1370. The number of likely N-dealkylation sites (N-methyl/N-ethyl adjacent to an activating group) is 1. The highest BCUT2D eigenvalue weighted by Gasteiger charge is 2.71. The van der Waals surface area contributed by atoms with Crippen LogP contribution in [0.1, 0.15) is 145 Å². The number of fused-ring (bicyclic) bond motifs is 7. The molecule has 7 heteroatoms. The summed E-state index contributed by atoms with van der Waals surface area (Å²) in [5.74, 6) is 1.84. The number of carbonyl (C=O) groups excluding carboxylic acids is 2. The minimum absolute atomic E-state index is 0.0442. The van der Waals surface area contributed by atoms with Gasteiger partial charge in [-0.3, -0.25) is 14.4 Å². The fraction of sp³-hybridized carbons (Fsp3) is 0.884. The van der Waals surface area contributed by atoms with E-state index in [1.165, 1.54) is 37.7 Å². The Labute approximate surface area is 303 Å². The summed E-state index contributed by atoms with van der Waals surface area (Å²) in [6.07, 6.45) is 13.1. The molecule has 5 saturated carbocycles. The van der Waals surface area contributed by atoms with E-state index in [2.05, 4.69) is 65.4 Å². The summed E-state index contributed by atoms with van der Waals surface area (Å²) in [5.41, 5.74) is 1.21. The molecule has 50 heavy (non-hydrogen) atoms. The second-order valence-corrected chi connectivity index (χ2v) is 20.8. The third-order valence-corrected chi connectivity index (χ3v) is 17.0. The molecule has 0 aromatic heterocycles. The van der Waals surface area contributed by atoms with Gasteiger partial charge in [0.25, 0.3) is 0 Å². The Morgan fingerprint density at radius 1 is 0.880 bits per heavy atom. The number of rotatable bonds is 9. The molecule has 1 amide bonds. The second-order valence-electron chi connectivity index (χ2n) is 20.8. The number of carboxylic acid groups (broad SMARTS) is 1. The molecule has 1 saturated heterocycles. The van der Waals surface area contributed by atoms with Gasteiger partial charge in [-0.25, -0.2) is 0 Å². The van der Waals surface area contributed by atoms with Gasteiger partial charge in [-0.1, -0.05) is 60.6 Å². The van der Waals surface area contributed by atoms with Crippen LogP contribution in [0.4, 0.5) is 0 Å². The van der Waals surface area contributed by atoms with E-state index in [1.807, 2.05) is 13.8 Å². The van der Waals surface area contributed by atoms with Gasteiger partial charge >= 0.3 is 11.9 Å². The number of nitrogens with zero attached hydrogens (tertiary/aromatic N) is 1. The lowest BCUT2D eigenvalue weighted by molar-refractivity contribution is -0.250. The number of carboxylic acids is 1. The number of amides is 1. The minimum Gasteiger partial charge on any atom is -0.481 e. The van der Waals surface area contributed by atoms with Crippen molar-refractivity contribution in [3.63, 3.8) is 0 Å². The molecule has 6 rings (SSSR count). The first-order valence-corrected chi connectivity index (χ1v) is 20.2. The molecule has 7 nitrogen and oxygen atoms in total. The first-order chi connectivity index (χ1) is 23.2. The van der Waals surface area contributed by atoms with Gasteiger partial charge in [0.15, 0.2) is 0 Å². The number of esters is 1. The van der Waals surface area contributed by atoms with Gasteiger partial charge in [0.05, 0.1) is 12.8 Å². The van der Waals surface area contributed by atoms with E-state index in [1.54, 1.807) is 0 Å². The molecule has 1 heterocycles. The fourth-order valence-electron chi connectivity index (χ4n) is 14.5. The normalized spacial score (nSPS) is 43.9. The molecular formula is C43H70N2O5. The number of likely N-dealkylation sites (tertiary alicyclic amines) is 1. The van der Waals surface area contributed by atoms with Crippen molar-refractivity contribution in [1.29, 1.82) is 0 Å². The molecule has 5 aliphatic carbocycles. The Balaban J connectivity index is 1.22. The molecule has 0 bridgehead atoms. The highest BCUT2D eigenvalue weighted by molar-refractivity contribution is 5.77. The third-order valence-electron chi connectivity index (χ3n) is 17.0. The van der Waals surface area contributed by atoms with Crippen LogP contribution in [0.25, 0.3) is 0 Å². The van der Waals surface area contributed by atoms with E-state index >= 15 is 0 Å². The van der Waals surface area contributed by atoms with Crippen LogP contribution in [0.15, 0.2) is 12.2 Å². The van der Waals surface area contributed by atoms with Crippen LogP contribution < -0.4 is 5.32 Å². The van der Waals surface area contributed by atoms with Gasteiger partial charge < -0.3 is 20.1 Å². The van der Waals surface area contributed by atoms with E-state index in [4.69, 9.17) is 4.74 Å². The summed E-state index contributed by atoms with van der Waals surface area (Å²) < 4.78 is 6.28. The largest absolute Gasteiger partial charge is 0.481 e. The lowest BCUT2D eigenvalue weighted by atomic mass is 9.32. The average molecular weight is 695 g/mol. The first-order valence-electron chi connectivity index (χ1n) is 20.2. The number of nitrogens with one attached hydrogen (secondary N) is 1. The maximum Gasteiger partial charge on any atom is 0.306 e. The number of hydrogen-bond donors (Lipinski definition) is 2. The van der Waals surface area contributed by atoms with Gasteiger partial charge in [0, 0.05) is 24.4 Å². The molecule has 0 aromatic carbocycles. The summed E-state index contributed by atoms with van der Waals surface area (Å²) in [6, 6.07) is 0.284. The molecule has 5 unspecified atom stereocenters. The number of aliphatic carboxylic acids is 1. The van der Waals surface area contributed by atoms with Crippen molar-refractivity contribution in [2.45, 2.75) is 157 Å². The lowest BCUT2D eigenvalue weighted by Crippen LogP contribution is -2.67. The third kappa shape index (κ3) is 6.19. The summed E-state index contributed by atoms with van der Waals surface area (Å²) >= 11 is 0. The SMILES string of the molecule is C=C(C)C1CC[C@]2(CC(=O)N[C@@H]3CCN(C)C3)CC[C@]3(C)[C@H](CCC4[C@@]5(C)CCC(OC(=O)CC(C)(C)CC(=O)O)C(C)(C)C5CC[C@]43C)C12. The van der Waals surface area contributed by atoms with Crippen LogP contribution in [0.5, 0.6) is 0 Å². The van der Waals surface area contributed by atoms with Crippen molar-refractivity contribution in [1.82, 2.24) is 10.2 Å². The van der Waals surface area contributed by atoms with Gasteiger partial charge in [-0.15, -0.1) is 0 Å². The van der Waals surface area contributed by atoms with Gasteiger partial charge in [-0.05, 0) is 148 Å². The lowest BCUT2D eigenvalue weighted by Gasteiger charge is -2.73. The summed E-state index contributed by atoms with van der Waals surface area (Å²) in [6.45, 7) is 25.1. The highest BCUT2D eigenvalue weighted by atomic mass is 16.5. The van der Waals surface area contributed by atoms with Gasteiger partial charge in [0.2, 0.25) is 5.91 Å². The molecule has 2 N–H and O–H groups in total. The Hall–Kier alpha value is -1.89. The number of carbonyl (C=O) groups is 3. The standard InChI is InChI=1S/C43H70N2O5/c1-27(2)29-13-19-43(23-34(46)44-28-16-22-45(10)26-28)21-20-41(8)30(37(29)43)11-12-32-40(7)17-15-33(39(5,6)31(40)14-18-42(32,41)9)50-36(49)25-38(3,4)24-35(47)48/h28-33,37H,1,11-26H2,2-10H3,(H,44,46)(H,47,48)/t28-,29?,30-,31?,32?,33?,37?,40+,41-,42-,43-/m1/s1. The first kappa shape index (κ1) is 37.9. The quantitative estimate of drug-likeness (QED) is 0.185. The number of allylic oxidation sites excluding steroid dienone is 1. The van der Waals surface area contributed by atoms with Crippen LogP contribution in [-0.2, 0) is 19.1 Å². The molecule has 0 radical (unpaired) electrons. The Morgan fingerprint density at radius 2 is 1.60 bits per heavy atom. The van der Waals surface area contributed by atoms with E-state index in [0.29, 0.717) is 36.0 Å². The molecule has 282 valence electrons. The van der Waals surface area contributed by atoms with Crippen LogP contribution in [-0.4, -0.2) is 60.1 Å². The Morgan fingerprint density at radius 3 is 2.24 bits per heavy atom. The summed E-state index contributed by atoms with van der Waals surface area (Å²) in [5, 5.41) is 12.8. The van der Waals surface area contributed by atoms with E-state index < -0.39 is 11.4 Å². The van der Waals surface area contributed by atoms with Crippen molar-refractivity contribution < 1.29 is 24.2 Å². The summed E-state index contributed by atoms with van der Waals surface area (Å²) in [4.78, 5) is 40.7. The maximum absolute atomic E-state index is 13.8. The van der Waals surface area contributed by atoms with Gasteiger partial charge in [-0.2, -0.15) is 0 Å². The average Bonchev–Trinajstić information content (AvgIpc) is 3.57. The Kier molecular flexibility index (Phi) is 9.77. The minimum atomic E-state index is -0.880. The highest BCUT2D eigenvalue weighted by Crippen LogP contribution is 2.78. The molecular weight excluding hydrogens is 624 g/mol. The monoisotopic (exact) mass is 695 g/mol. The summed E-state index contributed by atoms with van der Waals surface area (Å²) in [7, 11) is 2.15. The molecule has 6 fully saturated rings. The molecule has 1 aliphatic heterocycles. The van der Waals surface area contributed by atoms with Crippen molar-refractivity contribution in [2.24, 2.45) is 62.1 Å². The predicted molar refractivity (Wildman–Crippen MR) is 198 cm³/mol. The predicted octanol–water partition coefficient (Wildman–Crippen LogP) is 8.66. The smallest absolute Gasteiger partial charge is 0.306 e.